The largest absolute Gasteiger partial charge is 0.471 e. The molecule has 0 saturated carbocycles. The molecule has 0 spiro atoms. The van der Waals surface area contributed by atoms with Gasteiger partial charge in [0, 0.05) is 16.8 Å². The molecular formula is C29H25ClFN5O2. The van der Waals surface area contributed by atoms with Gasteiger partial charge in [-0.05, 0) is 55.3 Å². The number of aromatic nitrogens is 4. The number of benzene rings is 3. The van der Waals surface area contributed by atoms with E-state index >= 15 is 0 Å². The molecule has 38 heavy (non-hydrogen) atoms. The van der Waals surface area contributed by atoms with Crippen molar-refractivity contribution in [1.29, 1.82) is 0 Å². The van der Waals surface area contributed by atoms with Crippen LogP contribution in [0.15, 0.2) is 85.1 Å². The van der Waals surface area contributed by atoms with Crippen LogP contribution in [0.3, 0.4) is 0 Å². The first-order valence-electron chi connectivity index (χ1n) is 12.0. The molecule has 0 aliphatic carbocycles. The molecule has 192 valence electrons. The summed E-state index contributed by atoms with van der Waals surface area (Å²) in [6, 6.07) is 24.1. The second kappa shape index (κ2) is 10.9. The highest BCUT2D eigenvalue weighted by Gasteiger charge is 2.18. The third kappa shape index (κ3) is 5.45. The highest BCUT2D eigenvalue weighted by molar-refractivity contribution is 6.31. The Labute approximate surface area is 224 Å². The summed E-state index contributed by atoms with van der Waals surface area (Å²) >= 11 is 6.17. The van der Waals surface area contributed by atoms with Crippen molar-refractivity contribution >= 4 is 23.2 Å². The summed E-state index contributed by atoms with van der Waals surface area (Å²) in [5.74, 6) is -0.0963. The van der Waals surface area contributed by atoms with Crippen LogP contribution in [0.2, 0.25) is 5.02 Å². The molecule has 1 amide bonds. The number of carbonyl (C=O) groups is 1. The second-order valence-electron chi connectivity index (χ2n) is 8.76. The fourth-order valence-corrected chi connectivity index (χ4v) is 4.33. The van der Waals surface area contributed by atoms with Crippen molar-refractivity contribution < 1.29 is 13.9 Å². The molecule has 1 N–H and O–H groups in total. The van der Waals surface area contributed by atoms with Gasteiger partial charge in [0.05, 0.1) is 23.6 Å². The number of hydrogen-bond donors (Lipinski definition) is 1. The molecule has 0 unspecified atom stereocenters. The molecule has 0 radical (unpaired) electrons. The van der Waals surface area contributed by atoms with Crippen molar-refractivity contribution in [3.63, 3.8) is 0 Å². The zero-order valence-corrected chi connectivity index (χ0v) is 21.6. The smallest absolute Gasteiger partial charge is 0.276 e. The first-order valence-corrected chi connectivity index (χ1v) is 12.4. The molecular weight excluding hydrogens is 505 g/mol. The van der Waals surface area contributed by atoms with Crippen molar-refractivity contribution in [1.82, 2.24) is 19.6 Å². The van der Waals surface area contributed by atoms with Crippen molar-refractivity contribution in [2.75, 3.05) is 5.32 Å². The maximum atomic E-state index is 14.3. The SMILES string of the molecule is Cc1nn(Cc2c(F)cccc2Cl)c(C)c1NC(=O)c1ccn(COc2ccc(-c3ccccc3)cc2)n1. The summed E-state index contributed by atoms with van der Waals surface area (Å²) in [7, 11) is 0. The highest BCUT2D eigenvalue weighted by Crippen LogP contribution is 2.25. The molecule has 7 nitrogen and oxygen atoms in total. The third-order valence-electron chi connectivity index (χ3n) is 6.19. The van der Waals surface area contributed by atoms with E-state index in [1.165, 1.54) is 6.07 Å². The normalized spacial score (nSPS) is 10.9. The third-order valence-corrected chi connectivity index (χ3v) is 6.54. The lowest BCUT2D eigenvalue weighted by atomic mass is 10.1. The van der Waals surface area contributed by atoms with Crippen molar-refractivity contribution in [2.24, 2.45) is 0 Å². The van der Waals surface area contributed by atoms with Crippen molar-refractivity contribution in [3.05, 3.63) is 119 Å². The van der Waals surface area contributed by atoms with E-state index in [-0.39, 0.29) is 24.9 Å². The van der Waals surface area contributed by atoms with Gasteiger partial charge in [0.15, 0.2) is 12.4 Å². The van der Waals surface area contributed by atoms with Gasteiger partial charge in [0.1, 0.15) is 11.6 Å². The Morgan fingerprint density at radius 2 is 1.68 bits per heavy atom. The predicted octanol–water partition coefficient (Wildman–Crippen LogP) is 6.49. The average Bonchev–Trinajstić information content (AvgIpc) is 3.51. The lowest BCUT2D eigenvalue weighted by molar-refractivity contribution is 0.102. The lowest BCUT2D eigenvalue weighted by Crippen LogP contribution is -2.15. The Morgan fingerprint density at radius 1 is 0.947 bits per heavy atom. The highest BCUT2D eigenvalue weighted by atomic mass is 35.5. The van der Waals surface area contributed by atoms with Crippen molar-refractivity contribution in [2.45, 2.75) is 27.1 Å². The number of ether oxygens (including phenoxy) is 1. The van der Waals surface area contributed by atoms with Gasteiger partial charge in [0.25, 0.3) is 5.91 Å². The van der Waals surface area contributed by atoms with Crippen molar-refractivity contribution in [3.8, 4) is 16.9 Å². The maximum absolute atomic E-state index is 14.3. The zero-order chi connectivity index (χ0) is 26.6. The van der Waals surface area contributed by atoms with E-state index in [1.807, 2.05) is 42.5 Å². The van der Waals surface area contributed by atoms with E-state index < -0.39 is 5.82 Å². The number of aryl methyl sites for hydroxylation is 1. The van der Waals surface area contributed by atoms with Crippen LogP contribution >= 0.6 is 11.6 Å². The zero-order valence-electron chi connectivity index (χ0n) is 20.9. The Bertz CT molecular complexity index is 1560. The van der Waals surface area contributed by atoms with Crippen LogP contribution in [0.1, 0.15) is 27.4 Å². The average molecular weight is 530 g/mol. The van der Waals surface area contributed by atoms with Crippen LogP contribution in [-0.2, 0) is 13.3 Å². The molecule has 9 heteroatoms. The Balaban J connectivity index is 1.22. The van der Waals surface area contributed by atoms with Crippen LogP contribution < -0.4 is 10.1 Å². The van der Waals surface area contributed by atoms with Crippen LogP contribution in [0.25, 0.3) is 11.1 Å². The number of rotatable bonds is 8. The first-order chi connectivity index (χ1) is 18.4. The van der Waals surface area contributed by atoms with Crippen LogP contribution in [0.4, 0.5) is 10.1 Å². The first kappa shape index (κ1) is 25.2. The van der Waals surface area contributed by atoms with E-state index in [4.69, 9.17) is 16.3 Å². The summed E-state index contributed by atoms with van der Waals surface area (Å²) in [6.45, 7) is 3.88. The standard InChI is InChI=1S/C29H25ClFN5O2/c1-19-28(20(2)36(33-19)17-24-25(30)9-6-10-26(24)31)32-29(37)27-15-16-35(34-27)18-38-23-13-11-22(12-14-23)21-7-4-3-5-8-21/h3-16H,17-18H2,1-2H3,(H,32,37). The number of hydrogen-bond acceptors (Lipinski definition) is 4. The number of anilines is 1. The molecule has 0 atom stereocenters. The van der Waals surface area contributed by atoms with E-state index in [9.17, 15) is 9.18 Å². The molecule has 0 aliphatic heterocycles. The predicted molar refractivity (Wildman–Crippen MR) is 145 cm³/mol. The van der Waals surface area contributed by atoms with E-state index in [0.29, 0.717) is 33.4 Å². The Hall–Kier alpha value is -4.43. The second-order valence-corrected chi connectivity index (χ2v) is 9.17. The van der Waals surface area contributed by atoms with Gasteiger partial charge in [-0.1, -0.05) is 60.1 Å². The Morgan fingerprint density at radius 3 is 2.42 bits per heavy atom. The minimum absolute atomic E-state index is 0.145. The molecule has 0 fully saturated rings. The summed E-state index contributed by atoms with van der Waals surface area (Å²) in [4.78, 5) is 12.9. The summed E-state index contributed by atoms with van der Waals surface area (Å²) < 4.78 is 23.2. The molecule has 0 aliphatic rings. The van der Waals surface area contributed by atoms with Gasteiger partial charge in [-0.15, -0.1) is 0 Å². The van der Waals surface area contributed by atoms with Crippen LogP contribution in [-0.4, -0.2) is 25.5 Å². The van der Waals surface area contributed by atoms with E-state index in [1.54, 1.807) is 47.6 Å². The number of amides is 1. The molecule has 2 aromatic heterocycles. The maximum Gasteiger partial charge on any atom is 0.276 e. The van der Waals surface area contributed by atoms with Gasteiger partial charge in [0.2, 0.25) is 0 Å². The molecule has 3 aromatic carbocycles. The number of carbonyl (C=O) groups excluding carboxylic acids is 1. The molecule has 5 aromatic rings. The van der Waals surface area contributed by atoms with Gasteiger partial charge >= 0.3 is 0 Å². The fraction of sp³-hybridized carbons (Fsp3) is 0.138. The molecule has 0 saturated heterocycles. The van der Waals surface area contributed by atoms with E-state index in [0.717, 1.165) is 11.1 Å². The van der Waals surface area contributed by atoms with Crippen LogP contribution in [0.5, 0.6) is 5.75 Å². The molecule has 0 bridgehead atoms. The van der Waals surface area contributed by atoms with Crippen LogP contribution in [0, 0.1) is 19.7 Å². The minimum Gasteiger partial charge on any atom is -0.471 e. The summed E-state index contributed by atoms with van der Waals surface area (Å²) in [5.41, 5.74) is 4.63. The molecule has 5 rings (SSSR count). The number of halogens is 2. The van der Waals surface area contributed by atoms with Gasteiger partial charge in [-0.3, -0.25) is 9.48 Å². The summed E-state index contributed by atoms with van der Waals surface area (Å²) in [5, 5.41) is 12.0. The Kier molecular flexibility index (Phi) is 7.24. The van der Waals surface area contributed by atoms with Gasteiger partial charge < -0.3 is 10.1 Å². The number of nitrogens with one attached hydrogen (secondary N) is 1. The summed E-state index contributed by atoms with van der Waals surface area (Å²) in [6.07, 6.45) is 1.68. The lowest BCUT2D eigenvalue weighted by Gasteiger charge is -2.09. The monoisotopic (exact) mass is 529 g/mol. The van der Waals surface area contributed by atoms with E-state index in [2.05, 4.69) is 27.6 Å². The van der Waals surface area contributed by atoms with Gasteiger partial charge in [-0.2, -0.15) is 10.2 Å². The quantitative estimate of drug-likeness (QED) is 0.249. The molecule has 2 heterocycles. The van der Waals surface area contributed by atoms with Gasteiger partial charge in [-0.25, -0.2) is 9.07 Å². The number of nitrogens with zero attached hydrogens (tertiary/aromatic N) is 4. The topological polar surface area (TPSA) is 74.0 Å². The minimum atomic E-state index is -0.407. The fourth-order valence-electron chi connectivity index (χ4n) is 4.11.